The maximum absolute atomic E-state index is 12.6. The van der Waals surface area contributed by atoms with Crippen LogP contribution in [0.2, 0.25) is 0 Å². The number of hydrogen-bond donors (Lipinski definition) is 0. The topological polar surface area (TPSA) is 89.7 Å². The zero-order valence-electron chi connectivity index (χ0n) is 9.88. The van der Waals surface area contributed by atoms with Crippen molar-refractivity contribution >= 4 is 15.7 Å². The Morgan fingerprint density at radius 3 is 2.70 bits per heavy atom. The first-order chi connectivity index (χ1) is 9.21. The van der Waals surface area contributed by atoms with Crippen LogP contribution in [0.4, 0.5) is 13.2 Å². The van der Waals surface area contributed by atoms with Crippen LogP contribution in [0.15, 0.2) is 10.8 Å². The molecule has 0 spiro atoms. The highest BCUT2D eigenvalue weighted by atomic mass is 32.2. The van der Waals surface area contributed by atoms with Gasteiger partial charge in [0.05, 0.1) is 24.7 Å². The normalized spacial score (nSPS) is 19.6. The van der Waals surface area contributed by atoms with Crippen LogP contribution in [-0.4, -0.2) is 49.0 Å². The predicted molar refractivity (Wildman–Crippen MR) is 57.1 cm³/mol. The summed E-state index contributed by atoms with van der Waals surface area (Å²) in [6.45, 7) is -0.682. The SMILES string of the molecule is O=C(c1ncoc1C(F)(F)F)N1CCS(=O)(=O)CCO1. The van der Waals surface area contributed by atoms with Crippen molar-refractivity contribution in [2.24, 2.45) is 0 Å². The van der Waals surface area contributed by atoms with E-state index in [0.717, 1.165) is 0 Å². The second-order valence-electron chi connectivity index (χ2n) is 3.92. The van der Waals surface area contributed by atoms with Crippen LogP contribution >= 0.6 is 0 Å². The number of oxazole rings is 1. The van der Waals surface area contributed by atoms with Crippen LogP contribution in [0, 0.1) is 0 Å². The number of carbonyl (C=O) groups is 1. The highest BCUT2D eigenvalue weighted by Gasteiger charge is 2.42. The molecule has 1 saturated heterocycles. The Bertz CT molecular complexity index is 609. The van der Waals surface area contributed by atoms with Gasteiger partial charge in [-0.2, -0.15) is 13.2 Å². The number of carbonyl (C=O) groups excluding carboxylic acids is 1. The third kappa shape index (κ3) is 3.10. The second-order valence-corrected chi connectivity index (χ2v) is 6.22. The third-order valence-corrected chi connectivity index (χ3v) is 4.09. The molecular weight excluding hydrogens is 305 g/mol. The number of alkyl halides is 3. The maximum Gasteiger partial charge on any atom is 0.452 e. The Labute approximate surface area is 111 Å². The predicted octanol–water partition coefficient (Wildman–Crippen LogP) is 0.496. The first-order valence-corrected chi connectivity index (χ1v) is 7.19. The molecular formula is C9H9F3N2O5S. The van der Waals surface area contributed by atoms with E-state index in [1.807, 2.05) is 0 Å². The molecule has 1 amide bonds. The molecule has 1 aliphatic heterocycles. The van der Waals surface area contributed by atoms with Crippen LogP contribution in [0.5, 0.6) is 0 Å². The standard InChI is InChI=1S/C9H9F3N2O5S/c10-9(11,12)7-6(13-5-18-7)8(15)14-1-3-20(16,17)4-2-19-14/h5H,1-4H2. The fraction of sp³-hybridized carbons (Fsp3) is 0.556. The van der Waals surface area contributed by atoms with Crippen molar-refractivity contribution in [3.63, 3.8) is 0 Å². The lowest BCUT2D eigenvalue weighted by Gasteiger charge is -2.17. The average molecular weight is 314 g/mol. The van der Waals surface area contributed by atoms with Crippen molar-refractivity contribution in [3.05, 3.63) is 17.8 Å². The van der Waals surface area contributed by atoms with Gasteiger partial charge in [0.2, 0.25) is 5.76 Å². The molecule has 0 radical (unpaired) electrons. The third-order valence-electron chi connectivity index (χ3n) is 2.50. The number of aromatic nitrogens is 1. The molecule has 11 heteroatoms. The molecule has 1 aliphatic rings. The number of amides is 1. The van der Waals surface area contributed by atoms with Gasteiger partial charge in [-0.05, 0) is 0 Å². The van der Waals surface area contributed by atoms with E-state index in [-0.39, 0.29) is 18.9 Å². The zero-order chi connectivity index (χ0) is 15.0. The van der Waals surface area contributed by atoms with Gasteiger partial charge in [-0.3, -0.25) is 9.63 Å². The van der Waals surface area contributed by atoms with Crippen molar-refractivity contribution < 1.29 is 35.6 Å². The lowest BCUT2D eigenvalue weighted by molar-refractivity contribution is -0.154. The van der Waals surface area contributed by atoms with Gasteiger partial charge in [0.15, 0.2) is 21.9 Å². The molecule has 0 atom stereocenters. The molecule has 2 heterocycles. The van der Waals surface area contributed by atoms with Crippen LogP contribution < -0.4 is 0 Å². The first kappa shape index (κ1) is 14.8. The van der Waals surface area contributed by atoms with Crippen LogP contribution in [0.1, 0.15) is 16.2 Å². The van der Waals surface area contributed by atoms with E-state index in [1.165, 1.54) is 0 Å². The van der Waals surface area contributed by atoms with Crippen molar-refractivity contribution in [1.82, 2.24) is 10.0 Å². The maximum atomic E-state index is 12.6. The number of hydroxylamine groups is 2. The van der Waals surface area contributed by atoms with Crippen LogP contribution in [-0.2, 0) is 20.9 Å². The molecule has 112 valence electrons. The minimum Gasteiger partial charge on any atom is -0.438 e. The second kappa shape index (κ2) is 5.05. The minimum atomic E-state index is -4.88. The Hall–Kier alpha value is -1.62. The van der Waals surface area contributed by atoms with Crippen molar-refractivity contribution in [2.75, 3.05) is 24.7 Å². The van der Waals surface area contributed by atoms with Gasteiger partial charge in [-0.1, -0.05) is 0 Å². The quantitative estimate of drug-likeness (QED) is 0.749. The fourth-order valence-corrected chi connectivity index (χ4v) is 2.52. The smallest absolute Gasteiger partial charge is 0.438 e. The number of halogens is 3. The first-order valence-electron chi connectivity index (χ1n) is 5.36. The van der Waals surface area contributed by atoms with E-state index in [4.69, 9.17) is 4.84 Å². The van der Waals surface area contributed by atoms with Crippen molar-refractivity contribution in [1.29, 1.82) is 0 Å². The van der Waals surface area contributed by atoms with Crippen LogP contribution in [0.3, 0.4) is 0 Å². The van der Waals surface area contributed by atoms with Gasteiger partial charge < -0.3 is 4.42 Å². The van der Waals surface area contributed by atoms with Crippen molar-refractivity contribution in [2.45, 2.75) is 6.18 Å². The summed E-state index contributed by atoms with van der Waals surface area (Å²) >= 11 is 0. The molecule has 2 rings (SSSR count). The average Bonchev–Trinajstić information content (AvgIpc) is 2.74. The van der Waals surface area contributed by atoms with Gasteiger partial charge in [0.25, 0.3) is 5.91 Å². The van der Waals surface area contributed by atoms with E-state index < -0.39 is 39.1 Å². The highest BCUT2D eigenvalue weighted by Crippen LogP contribution is 2.32. The van der Waals surface area contributed by atoms with E-state index in [0.29, 0.717) is 11.5 Å². The number of nitrogens with zero attached hydrogens (tertiary/aromatic N) is 2. The van der Waals surface area contributed by atoms with Crippen LogP contribution in [0.25, 0.3) is 0 Å². The molecule has 0 N–H and O–H groups in total. The number of hydrogen-bond acceptors (Lipinski definition) is 6. The summed E-state index contributed by atoms with van der Waals surface area (Å²) in [6.07, 6.45) is -4.38. The molecule has 0 saturated carbocycles. The van der Waals surface area contributed by atoms with Gasteiger partial charge >= 0.3 is 6.18 Å². The molecule has 1 aromatic rings. The lowest BCUT2D eigenvalue weighted by atomic mass is 10.3. The minimum absolute atomic E-state index is 0.304. The monoisotopic (exact) mass is 314 g/mol. The molecule has 1 fully saturated rings. The number of rotatable bonds is 1. The Kier molecular flexibility index (Phi) is 3.73. The zero-order valence-corrected chi connectivity index (χ0v) is 10.7. The molecule has 0 aliphatic carbocycles. The van der Waals surface area contributed by atoms with Gasteiger partial charge in [0, 0.05) is 0 Å². The molecule has 20 heavy (non-hydrogen) atoms. The Balaban J connectivity index is 2.22. The Morgan fingerprint density at radius 2 is 2.05 bits per heavy atom. The molecule has 1 aromatic heterocycles. The van der Waals surface area contributed by atoms with Gasteiger partial charge in [-0.25, -0.2) is 18.5 Å². The summed E-state index contributed by atoms with van der Waals surface area (Å²) in [6, 6.07) is 0. The largest absolute Gasteiger partial charge is 0.452 e. The van der Waals surface area contributed by atoms with E-state index in [9.17, 15) is 26.4 Å². The Morgan fingerprint density at radius 1 is 1.35 bits per heavy atom. The number of sulfone groups is 1. The summed E-state index contributed by atoms with van der Waals surface area (Å²) in [5.74, 6) is -3.43. The fourth-order valence-electron chi connectivity index (χ4n) is 1.54. The van der Waals surface area contributed by atoms with Gasteiger partial charge in [0.1, 0.15) is 0 Å². The molecule has 7 nitrogen and oxygen atoms in total. The lowest BCUT2D eigenvalue weighted by Crippen LogP contribution is -2.34. The van der Waals surface area contributed by atoms with Crippen molar-refractivity contribution in [3.8, 4) is 0 Å². The summed E-state index contributed by atoms with van der Waals surface area (Å²) < 4.78 is 64.5. The highest BCUT2D eigenvalue weighted by molar-refractivity contribution is 7.91. The van der Waals surface area contributed by atoms with E-state index in [1.54, 1.807) is 0 Å². The molecule has 0 bridgehead atoms. The summed E-state index contributed by atoms with van der Waals surface area (Å²) in [5, 5.41) is 0.553. The van der Waals surface area contributed by atoms with E-state index in [2.05, 4.69) is 9.40 Å². The molecule has 0 aromatic carbocycles. The summed E-state index contributed by atoms with van der Waals surface area (Å²) in [4.78, 5) is 19.9. The molecule has 0 unspecified atom stereocenters. The summed E-state index contributed by atoms with van der Waals surface area (Å²) in [7, 11) is -3.38. The van der Waals surface area contributed by atoms with Gasteiger partial charge in [-0.15, -0.1) is 0 Å². The summed E-state index contributed by atoms with van der Waals surface area (Å²) in [5.41, 5.74) is -0.961. The van der Waals surface area contributed by atoms with E-state index >= 15 is 0 Å².